The molecule has 0 fully saturated rings. The number of rotatable bonds is 3. The Morgan fingerprint density at radius 2 is 2.33 bits per heavy atom. The molecule has 90 valence electrons. The van der Waals surface area contributed by atoms with E-state index >= 15 is 0 Å². The summed E-state index contributed by atoms with van der Waals surface area (Å²) in [6, 6.07) is 5.79. The Hall–Kier alpha value is -2.14. The summed E-state index contributed by atoms with van der Waals surface area (Å²) in [6.07, 6.45) is 5.22. The molecule has 0 atom stereocenters. The minimum absolute atomic E-state index is 0.0484. The predicted octanol–water partition coefficient (Wildman–Crippen LogP) is 2.41. The summed E-state index contributed by atoms with van der Waals surface area (Å²) in [5.41, 5.74) is 1.37. The van der Waals surface area contributed by atoms with E-state index in [1.807, 2.05) is 23.6 Å². The van der Waals surface area contributed by atoms with Crippen LogP contribution in [0.25, 0.3) is 16.1 Å². The van der Waals surface area contributed by atoms with Crippen molar-refractivity contribution in [2.75, 3.05) is 0 Å². The first-order valence-corrected chi connectivity index (χ1v) is 6.41. The molecule has 3 aromatic heterocycles. The van der Waals surface area contributed by atoms with E-state index < -0.39 is 0 Å². The Kier molecular flexibility index (Phi) is 2.60. The highest BCUT2D eigenvalue weighted by Gasteiger charge is 2.08. The largest absolute Gasteiger partial charge is 0.308 e. The molecule has 0 saturated heterocycles. The van der Waals surface area contributed by atoms with E-state index in [-0.39, 0.29) is 5.56 Å². The lowest BCUT2D eigenvalue weighted by Crippen LogP contribution is -2.20. The van der Waals surface area contributed by atoms with Gasteiger partial charge in [-0.15, -0.1) is 17.9 Å². The molecule has 0 unspecified atom stereocenters. The number of allylic oxidation sites excluding steroid dienone is 1. The van der Waals surface area contributed by atoms with Crippen LogP contribution in [0.1, 0.15) is 0 Å². The quantitative estimate of drug-likeness (QED) is 0.676. The topological polar surface area (TPSA) is 39.3 Å². The first kappa shape index (κ1) is 11.0. The van der Waals surface area contributed by atoms with Crippen LogP contribution >= 0.6 is 11.3 Å². The molecule has 0 amide bonds. The van der Waals surface area contributed by atoms with Crippen molar-refractivity contribution in [3.8, 4) is 10.6 Å². The monoisotopic (exact) mass is 257 g/mol. The summed E-state index contributed by atoms with van der Waals surface area (Å²) in [7, 11) is 0. The Morgan fingerprint density at radius 3 is 3.06 bits per heavy atom. The first-order chi connectivity index (χ1) is 8.79. The second-order valence-electron chi connectivity index (χ2n) is 3.88. The molecule has 0 aliphatic heterocycles. The molecule has 0 aliphatic rings. The maximum Gasteiger partial charge on any atom is 0.276 e. The van der Waals surface area contributed by atoms with E-state index in [4.69, 9.17) is 0 Å². The first-order valence-electron chi connectivity index (χ1n) is 5.53. The van der Waals surface area contributed by atoms with E-state index in [1.165, 1.54) is 0 Å². The van der Waals surface area contributed by atoms with E-state index in [9.17, 15) is 4.79 Å². The smallest absolute Gasteiger partial charge is 0.276 e. The number of aromatic nitrogens is 3. The van der Waals surface area contributed by atoms with Gasteiger partial charge in [0, 0.05) is 18.9 Å². The molecular formula is C13H11N3OS. The summed E-state index contributed by atoms with van der Waals surface area (Å²) >= 11 is 1.61. The van der Waals surface area contributed by atoms with Crippen molar-refractivity contribution in [2.45, 2.75) is 6.54 Å². The van der Waals surface area contributed by atoms with Crippen molar-refractivity contribution >= 4 is 16.9 Å². The van der Waals surface area contributed by atoms with Crippen LogP contribution in [0.2, 0.25) is 0 Å². The van der Waals surface area contributed by atoms with Gasteiger partial charge in [-0.25, -0.2) is 4.52 Å². The van der Waals surface area contributed by atoms with Gasteiger partial charge in [0.2, 0.25) is 0 Å². The standard InChI is InChI=1S/C13H11N3OS/c1-2-5-15-6-7-16-11(13(15)17)9-10(14-16)12-4-3-8-18-12/h2-4,6-9H,1,5H2. The van der Waals surface area contributed by atoms with Crippen LogP contribution in [-0.4, -0.2) is 14.2 Å². The summed E-state index contributed by atoms with van der Waals surface area (Å²) < 4.78 is 3.24. The van der Waals surface area contributed by atoms with Crippen molar-refractivity contribution < 1.29 is 0 Å². The van der Waals surface area contributed by atoms with Crippen molar-refractivity contribution in [2.24, 2.45) is 0 Å². The third-order valence-electron chi connectivity index (χ3n) is 2.70. The summed E-state index contributed by atoms with van der Waals surface area (Å²) in [5, 5.41) is 6.40. The second kappa shape index (κ2) is 4.27. The van der Waals surface area contributed by atoms with Crippen LogP contribution in [0.15, 0.2) is 53.4 Å². The third kappa shape index (κ3) is 1.69. The average molecular weight is 257 g/mol. The molecule has 0 N–H and O–H groups in total. The molecule has 4 nitrogen and oxygen atoms in total. The number of nitrogens with zero attached hydrogens (tertiary/aromatic N) is 3. The normalized spacial score (nSPS) is 10.9. The molecule has 0 radical (unpaired) electrons. The van der Waals surface area contributed by atoms with Crippen LogP contribution in [0.5, 0.6) is 0 Å². The molecule has 0 spiro atoms. The summed E-state index contributed by atoms with van der Waals surface area (Å²) in [5.74, 6) is 0. The molecule has 18 heavy (non-hydrogen) atoms. The van der Waals surface area contributed by atoms with Crippen molar-refractivity contribution in [3.63, 3.8) is 0 Å². The third-order valence-corrected chi connectivity index (χ3v) is 3.60. The molecule has 0 aromatic carbocycles. The van der Waals surface area contributed by atoms with Crippen LogP contribution < -0.4 is 5.56 Å². The van der Waals surface area contributed by atoms with Crippen LogP contribution in [0, 0.1) is 0 Å². The molecular weight excluding hydrogens is 246 g/mol. The molecule has 3 aromatic rings. The van der Waals surface area contributed by atoms with Crippen LogP contribution in [0.3, 0.4) is 0 Å². The van der Waals surface area contributed by atoms with Crippen molar-refractivity contribution in [1.29, 1.82) is 0 Å². The maximum absolute atomic E-state index is 12.2. The highest BCUT2D eigenvalue weighted by molar-refractivity contribution is 7.13. The molecule has 3 rings (SSSR count). The fourth-order valence-electron chi connectivity index (χ4n) is 1.85. The van der Waals surface area contributed by atoms with E-state index in [1.54, 1.807) is 38.9 Å². The number of thiophene rings is 1. The zero-order valence-corrected chi connectivity index (χ0v) is 10.4. The van der Waals surface area contributed by atoms with Gasteiger partial charge in [0.25, 0.3) is 5.56 Å². The lowest BCUT2D eigenvalue weighted by atomic mass is 10.3. The Balaban J connectivity index is 2.21. The SMILES string of the molecule is C=CCn1ccn2nc(-c3cccs3)cc2c1=O. The van der Waals surface area contributed by atoms with E-state index in [2.05, 4.69) is 11.7 Å². The average Bonchev–Trinajstić information content (AvgIpc) is 3.00. The summed E-state index contributed by atoms with van der Waals surface area (Å²) in [4.78, 5) is 13.2. The zero-order valence-electron chi connectivity index (χ0n) is 9.61. The number of fused-ring (bicyclic) bond motifs is 1. The van der Waals surface area contributed by atoms with E-state index in [0.717, 1.165) is 10.6 Å². The number of hydrogen-bond acceptors (Lipinski definition) is 3. The van der Waals surface area contributed by atoms with Gasteiger partial charge in [0.1, 0.15) is 11.2 Å². The molecule has 3 heterocycles. The molecule has 5 heteroatoms. The zero-order chi connectivity index (χ0) is 12.5. The number of hydrogen-bond donors (Lipinski definition) is 0. The van der Waals surface area contributed by atoms with Gasteiger partial charge < -0.3 is 4.57 Å². The lowest BCUT2D eigenvalue weighted by molar-refractivity contribution is 0.760. The molecule has 0 saturated carbocycles. The highest BCUT2D eigenvalue weighted by Crippen LogP contribution is 2.23. The lowest BCUT2D eigenvalue weighted by Gasteiger charge is -2.00. The minimum atomic E-state index is -0.0484. The summed E-state index contributed by atoms with van der Waals surface area (Å²) in [6.45, 7) is 4.15. The van der Waals surface area contributed by atoms with Gasteiger partial charge in [0.05, 0.1) is 4.88 Å². The fraction of sp³-hybridized carbons (Fsp3) is 0.0769. The van der Waals surface area contributed by atoms with Crippen LogP contribution in [0.4, 0.5) is 0 Å². The van der Waals surface area contributed by atoms with Gasteiger partial charge in [-0.05, 0) is 17.5 Å². The highest BCUT2D eigenvalue weighted by atomic mass is 32.1. The molecule has 0 aliphatic carbocycles. The van der Waals surface area contributed by atoms with Gasteiger partial charge >= 0.3 is 0 Å². The van der Waals surface area contributed by atoms with Gasteiger partial charge in [-0.2, -0.15) is 5.10 Å². The predicted molar refractivity (Wildman–Crippen MR) is 73.0 cm³/mol. The molecule has 0 bridgehead atoms. The maximum atomic E-state index is 12.2. The second-order valence-corrected chi connectivity index (χ2v) is 4.83. The van der Waals surface area contributed by atoms with Gasteiger partial charge in [0.15, 0.2) is 0 Å². The minimum Gasteiger partial charge on any atom is -0.308 e. The van der Waals surface area contributed by atoms with E-state index in [0.29, 0.717) is 12.1 Å². The van der Waals surface area contributed by atoms with Gasteiger partial charge in [-0.1, -0.05) is 12.1 Å². The fourth-order valence-corrected chi connectivity index (χ4v) is 2.54. The van der Waals surface area contributed by atoms with Gasteiger partial charge in [-0.3, -0.25) is 4.79 Å². The Labute approximate surface area is 107 Å². The van der Waals surface area contributed by atoms with Crippen molar-refractivity contribution in [3.05, 3.63) is 59.0 Å². The Bertz CT molecular complexity index is 752. The van der Waals surface area contributed by atoms with Crippen molar-refractivity contribution in [1.82, 2.24) is 14.2 Å². The Morgan fingerprint density at radius 1 is 1.44 bits per heavy atom. The van der Waals surface area contributed by atoms with Crippen LogP contribution in [-0.2, 0) is 6.54 Å².